The smallest absolute Gasteiger partial charge is 0.330 e. The number of thiazole rings is 1. The molecule has 12 nitrogen and oxygen atoms in total. The molecule has 1 fully saturated rings. The van der Waals surface area contributed by atoms with E-state index in [4.69, 9.17) is 38.5 Å². The highest BCUT2D eigenvalue weighted by atomic mass is 32.1. The number of rotatable bonds is 25. The van der Waals surface area contributed by atoms with Crippen LogP contribution >= 0.6 is 11.3 Å². The summed E-state index contributed by atoms with van der Waals surface area (Å²) in [6.45, 7) is 8.37. The van der Waals surface area contributed by atoms with Gasteiger partial charge in [0.05, 0.1) is 67.8 Å². The Balaban J connectivity index is 1.05. The number of fused-ring (bicyclic) bond motifs is 1. The molecule has 0 amide bonds. The molecule has 1 aliphatic carbocycles. The van der Waals surface area contributed by atoms with Crippen molar-refractivity contribution >= 4 is 50.8 Å². The van der Waals surface area contributed by atoms with Crippen LogP contribution in [-0.2, 0) is 35.0 Å². The molecule has 1 aliphatic rings. The number of aromatic nitrogens is 1. The lowest BCUT2D eigenvalue weighted by molar-refractivity contribution is -0.145. The van der Waals surface area contributed by atoms with Crippen LogP contribution in [0.3, 0.4) is 0 Å². The van der Waals surface area contributed by atoms with Gasteiger partial charge in [-0.1, -0.05) is 73.7 Å². The standard InChI is InChI=1S/C51H59N3O9S/c1-4-12-37-15-17-38(18-16-37)45-28-27-44(35-41(45)36-52-54(29-32-59-34-33-58-3)51-53-46-13-8-9-14-47(46)64-51)63-50(57)40-21-19-39(20-22-40)49(56)62-43-25-23-42(24-26-43)60-30-10-6-7-11-31-61-48(55)5-2/h5,8-9,13-18,23-28,35-36,39-40H,2,4,6-7,10-12,19-22,29-34H2,1,3H3/b52-36+. The number of nitrogens with zero attached hydrogens (tertiary/aromatic N) is 3. The number of para-hydroxylation sites is 1. The van der Waals surface area contributed by atoms with Crippen LogP contribution in [-0.4, -0.2) is 75.8 Å². The number of hydrazone groups is 1. The van der Waals surface area contributed by atoms with Crippen molar-refractivity contribution in [2.75, 3.05) is 51.7 Å². The summed E-state index contributed by atoms with van der Waals surface area (Å²) >= 11 is 1.56. The first-order valence-corrected chi connectivity index (χ1v) is 23.1. The maximum absolute atomic E-state index is 13.6. The number of carbonyl (C=O) groups is 3. The van der Waals surface area contributed by atoms with Crippen molar-refractivity contribution in [3.8, 4) is 28.4 Å². The summed E-state index contributed by atoms with van der Waals surface area (Å²) in [5, 5.41) is 7.54. The van der Waals surface area contributed by atoms with Gasteiger partial charge in [-0.25, -0.2) is 14.8 Å². The lowest BCUT2D eigenvalue weighted by Gasteiger charge is -2.26. The first-order chi connectivity index (χ1) is 31.3. The lowest BCUT2D eigenvalue weighted by Crippen LogP contribution is -2.30. The van der Waals surface area contributed by atoms with E-state index in [2.05, 4.69) is 37.8 Å². The Labute approximate surface area is 380 Å². The van der Waals surface area contributed by atoms with E-state index in [9.17, 15) is 14.4 Å². The molecule has 1 heterocycles. The number of benzene rings is 4. The molecule has 0 saturated heterocycles. The molecule has 1 saturated carbocycles. The minimum atomic E-state index is -0.398. The van der Waals surface area contributed by atoms with E-state index in [0.29, 0.717) is 82.5 Å². The van der Waals surface area contributed by atoms with Crippen molar-refractivity contribution in [3.05, 3.63) is 115 Å². The van der Waals surface area contributed by atoms with Crippen LogP contribution < -0.4 is 19.2 Å². The van der Waals surface area contributed by atoms with Crippen molar-refractivity contribution in [2.24, 2.45) is 16.9 Å². The fraction of sp³-hybridized carbons (Fsp3) is 0.392. The summed E-state index contributed by atoms with van der Waals surface area (Å²) in [5.74, 6) is -0.106. The van der Waals surface area contributed by atoms with Gasteiger partial charge < -0.3 is 28.4 Å². The van der Waals surface area contributed by atoms with Gasteiger partial charge >= 0.3 is 17.9 Å². The molecule has 4 aromatic carbocycles. The number of anilines is 1. The Morgan fingerprint density at radius 2 is 1.45 bits per heavy atom. The van der Waals surface area contributed by atoms with Crippen LogP contribution in [0.1, 0.15) is 75.8 Å². The fourth-order valence-corrected chi connectivity index (χ4v) is 8.31. The second-order valence-electron chi connectivity index (χ2n) is 15.6. The van der Waals surface area contributed by atoms with Crippen molar-refractivity contribution in [1.82, 2.24) is 4.98 Å². The molecule has 338 valence electrons. The van der Waals surface area contributed by atoms with Gasteiger partial charge in [0.1, 0.15) is 17.2 Å². The molecular weight excluding hydrogens is 831 g/mol. The maximum Gasteiger partial charge on any atom is 0.330 e. The summed E-state index contributed by atoms with van der Waals surface area (Å²) in [5.41, 5.74) is 4.92. The highest BCUT2D eigenvalue weighted by Crippen LogP contribution is 2.34. The molecule has 0 spiro atoms. The van der Waals surface area contributed by atoms with Crippen LogP contribution in [0.25, 0.3) is 21.3 Å². The number of hydrogen-bond donors (Lipinski definition) is 0. The van der Waals surface area contributed by atoms with E-state index in [1.165, 1.54) is 11.6 Å². The molecule has 13 heteroatoms. The van der Waals surface area contributed by atoms with Crippen molar-refractivity contribution in [3.63, 3.8) is 0 Å². The van der Waals surface area contributed by atoms with Gasteiger partial charge in [-0.15, -0.1) is 0 Å². The number of aryl methyl sites for hydroxylation is 1. The summed E-state index contributed by atoms with van der Waals surface area (Å²) in [7, 11) is 1.65. The summed E-state index contributed by atoms with van der Waals surface area (Å²) in [6.07, 6.45) is 10.7. The molecule has 0 radical (unpaired) electrons. The number of unbranched alkanes of at least 4 members (excludes halogenated alkanes) is 3. The zero-order chi connectivity index (χ0) is 44.9. The van der Waals surface area contributed by atoms with Crippen molar-refractivity contribution in [2.45, 2.75) is 71.1 Å². The second kappa shape index (κ2) is 25.4. The molecule has 64 heavy (non-hydrogen) atoms. The first kappa shape index (κ1) is 47.6. The molecule has 0 N–H and O–H groups in total. The Morgan fingerprint density at radius 3 is 2.14 bits per heavy atom. The minimum Gasteiger partial charge on any atom is -0.494 e. The van der Waals surface area contributed by atoms with Gasteiger partial charge in [0.15, 0.2) is 0 Å². The van der Waals surface area contributed by atoms with E-state index in [0.717, 1.165) is 70.6 Å². The van der Waals surface area contributed by atoms with E-state index in [-0.39, 0.29) is 23.8 Å². The number of esters is 3. The largest absolute Gasteiger partial charge is 0.494 e. The van der Waals surface area contributed by atoms with Gasteiger partial charge in [-0.05, 0) is 123 Å². The van der Waals surface area contributed by atoms with Gasteiger partial charge in [0.25, 0.3) is 0 Å². The normalized spacial score (nSPS) is 14.9. The molecule has 0 atom stereocenters. The topological polar surface area (TPSA) is 135 Å². The molecule has 0 unspecified atom stereocenters. The van der Waals surface area contributed by atoms with Crippen LogP contribution in [0.5, 0.6) is 17.2 Å². The minimum absolute atomic E-state index is 0.303. The van der Waals surface area contributed by atoms with Crippen LogP contribution in [0, 0.1) is 11.8 Å². The quantitative estimate of drug-likeness (QED) is 0.0138. The monoisotopic (exact) mass is 889 g/mol. The van der Waals surface area contributed by atoms with Crippen LogP contribution in [0.2, 0.25) is 0 Å². The predicted octanol–water partition coefficient (Wildman–Crippen LogP) is 10.4. The highest BCUT2D eigenvalue weighted by molar-refractivity contribution is 7.22. The molecular formula is C51H59N3O9S. The van der Waals surface area contributed by atoms with Gasteiger partial charge in [-0.2, -0.15) is 5.10 Å². The SMILES string of the molecule is C=CC(=O)OCCCCCCOc1ccc(OC(=O)C2CCC(C(=O)Oc3ccc(-c4ccc(CCC)cc4)c(/C=N/N(CCOCCOC)c4nc5ccccc5s4)c3)CC2)cc1. The van der Waals surface area contributed by atoms with Gasteiger partial charge in [-0.3, -0.25) is 9.59 Å². The molecule has 1 aromatic heterocycles. The van der Waals surface area contributed by atoms with Crippen LogP contribution in [0.15, 0.2) is 109 Å². The van der Waals surface area contributed by atoms with E-state index < -0.39 is 5.97 Å². The van der Waals surface area contributed by atoms with Gasteiger partial charge in [0.2, 0.25) is 5.13 Å². The molecule has 6 rings (SSSR count). The van der Waals surface area contributed by atoms with E-state index >= 15 is 0 Å². The zero-order valence-corrected chi connectivity index (χ0v) is 37.7. The Bertz CT molecular complexity index is 2250. The highest BCUT2D eigenvalue weighted by Gasteiger charge is 2.32. The third-order valence-corrected chi connectivity index (χ3v) is 12.0. The molecule has 5 aromatic rings. The number of hydrogen-bond acceptors (Lipinski definition) is 13. The van der Waals surface area contributed by atoms with Crippen molar-refractivity contribution < 1.29 is 42.8 Å². The Hall–Kier alpha value is -5.89. The average molecular weight is 890 g/mol. The molecule has 0 bridgehead atoms. The fourth-order valence-electron chi connectivity index (χ4n) is 7.36. The third-order valence-electron chi connectivity index (χ3n) is 10.9. The molecule has 0 aliphatic heterocycles. The summed E-state index contributed by atoms with van der Waals surface area (Å²) in [4.78, 5) is 42.7. The number of methoxy groups -OCH3 is 1. The summed E-state index contributed by atoms with van der Waals surface area (Å²) in [6, 6.07) is 29.2. The third kappa shape index (κ3) is 14.6. The summed E-state index contributed by atoms with van der Waals surface area (Å²) < 4.78 is 34.6. The Morgan fingerprint density at radius 1 is 0.781 bits per heavy atom. The number of ether oxygens (including phenoxy) is 6. The maximum atomic E-state index is 13.6. The van der Waals surface area contributed by atoms with E-state index in [1.807, 2.05) is 47.5 Å². The van der Waals surface area contributed by atoms with Gasteiger partial charge in [0, 0.05) is 18.7 Å². The predicted molar refractivity (Wildman–Crippen MR) is 251 cm³/mol. The second-order valence-corrected chi connectivity index (χ2v) is 16.6. The number of carbonyl (C=O) groups excluding carboxylic acids is 3. The average Bonchev–Trinajstić information content (AvgIpc) is 3.76. The van der Waals surface area contributed by atoms with Crippen molar-refractivity contribution in [1.29, 1.82) is 0 Å². The van der Waals surface area contributed by atoms with Crippen LogP contribution in [0.4, 0.5) is 5.13 Å². The van der Waals surface area contributed by atoms with E-state index in [1.54, 1.807) is 48.9 Å². The Kier molecular flexibility index (Phi) is 18.9. The zero-order valence-electron chi connectivity index (χ0n) is 36.9. The first-order valence-electron chi connectivity index (χ1n) is 22.3. The lowest BCUT2D eigenvalue weighted by atomic mass is 9.82.